The van der Waals surface area contributed by atoms with E-state index in [1.807, 2.05) is 12.1 Å². The number of aliphatic hydroxyl groups is 2. The van der Waals surface area contributed by atoms with Crippen molar-refractivity contribution in [3.63, 3.8) is 0 Å². The van der Waals surface area contributed by atoms with Crippen molar-refractivity contribution in [2.45, 2.75) is 12.5 Å². The smallest absolute Gasteiger partial charge is 0.454 e. The lowest BCUT2D eigenvalue weighted by molar-refractivity contribution is -0.169. The van der Waals surface area contributed by atoms with Gasteiger partial charge in [0, 0.05) is 20.2 Å². The molecule has 1 aliphatic rings. The van der Waals surface area contributed by atoms with Gasteiger partial charge in [0.1, 0.15) is 17.1 Å². The highest BCUT2D eigenvalue weighted by atomic mass is 32.1. The first kappa shape index (κ1) is 15.9. The molecule has 0 spiro atoms. The molecule has 25 heavy (non-hydrogen) atoms. The van der Waals surface area contributed by atoms with Crippen LogP contribution in [0.15, 0.2) is 42.0 Å². The summed E-state index contributed by atoms with van der Waals surface area (Å²) in [6.07, 6.45) is -7.43. The fourth-order valence-corrected chi connectivity index (χ4v) is 4.05. The van der Waals surface area contributed by atoms with Crippen molar-refractivity contribution in [1.29, 1.82) is 0 Å². The van der Waals surface area contributed by atoms with E-state index in [2.05, 4.69) is 0 Å². The molecule has 0 saturated heterocycles. The van der Waals surface area contributed by atoms with Crippen LogP contribution in [0.25, 0.3) is 25.9 Å². The zero-order chi connectivity index (χ0) is 17.9. The fourth-order valence-electron chi connectivity index (χ4n) is 2.93. The van der Waals surface area contributed by atoms with E-state index >= 15 is 0 Å². The first-order valence-electron chi connectivity index (χ1n) is 7.13. The Kier molecular flexibility index (Phi) is 3.32. The van der Waals surface area contributed by atoms with Gasteiger partial charge in [-0.25, -0.2) is 0 Å². The van der Waals surface area contributed by atoms with E-state index in [0.717, 1.165) is 4.70 Å². The highest BCUT2D eigenvalue weighted by Crippen LogP contribution is 2.45. The van der Waals surface area contributed by atoms with Gasteiger partial charge in [0.2, 0.25) is 6.29 Å². The van der Waals surface area contributed by atoms with Gasteiger partial charge in [-0.15, -0.1) is 11.3 Å². The summed E-state index contributed by atoms with van der Waals surface area (Å²) in [4.78, 5) is 11.6. The molecule has 0 aliphatic carbocycles. The molecule has 4 rings (SSSR count). The van der Waals surface area contributed by atoms with Crippen LogP contribution in [0.5, 0.6) is 5.75 Å². The molecular weight excluding hydrogens is 357 g/mol. The monoisotopic (exact) mass is 366 g/mol. The standard InChI is InChI=1S/C17H9F3O4S/c18-17(19,20)15(22)13-14(21)12-8(24-16(13)23)5-6-10-11(12)7-3-1-2-4-9(7)25-10/h1-6,16,21,23H. The molecule has 4 nitrogen and oxygen atoms in total. The number of carbonyl (C=O) groups is 1. The quantitative estimate of drug-likeness (QED) is 0.679. The Morgan fingerprint density at radius 3 is 2.56 bits per heavy atom. The number of aliphatic hydroxyl groups excluding tert-OH is 2. The number of alkyl halides is 3. The van der Waals surface area contributed by atoms with Gasteiger partial charge >= 0.3 is 6.18 Å². The topological polar surface area (TPSA) is 66.8 Å². The summed E-state index contributed by atoms with van der Waals surface area (Å²) in [6, 6.07) is 10.3. The average Bonchev–Trinajstić information content (AvgIpc) is 2.92. The van der Waals surface area contributed by atoms with Gasteiger partial charge in [0.25, 0.3) is 5.78 Å². The molecule has 3 aromatic rings. The van der Waals surface area contributed by atoms with E-state index in [-0.39, 0.29) is 11.3 Å². The molecule has 1 aliphatic heterocycles. The number of rotatable bonds is 1. The number of ether oxygens (including phenoxy) is 1. The second-order valence-corrected chi connectivity index (χ2v) is 6.55. The summed E-state index contributed by atoms with van der Waals surface area (Å²) in [5, 5.41) is 21.4. The Morgan fingerprint density at radius 2 is 1.84 bits per heavy atom. The van der Waals surface area contributed by atoms with Crippen molar-refractivity contribution in [1.82, 2.24) is 0 Å². The van der Waals surface area contributed by atoms with Crippen LogP contribution in [-0.4, -0.2) is 28.5 Å². The SMILES string of the molecule is O=C(C1=C(O)c2c(ccc3sc4ccccc4c23)OC1O)C(F)(F)F. The zero-order valence-electron chi connectivity index (χ0n) is 12.3. The summed E-state index contributed by atoms with van der Waals surface area (Å²) in [7, 11) is 0. The van der Waals surface area contributed by atoms with Crippen molar-refractivity contribution in [3.8, 4) is 5.75 Å². The first-order valence-corrected chi connectivity index (χ1v) is 7.94. The van der Waals surface area contributed by atoms with Crippen molar-refractivity contribution < 1.29 is 32.9 Å². The molecule has 0 saturated carbocycles. The maximum Gasteiger partial charge on any atom is 0.454 e. The molecule has 0 amide bonds. The van der Waals surface area contributed by atoms with E-state index in [0.29, 0.717) is 15.5 Å². The summed E-state index contributed by atoms with van der Waals surface area (Å²) < 4.78 is 45.1. The maximum absolute atomic E-state index is 12.8. The number of Topliss-reactive ketones (excluding diaryl/α,β-unsaturated/α-hetero) is 1. The number of ketones is 1. The number of thiophene rings is 1. The predicted molar refractivity (Wildman–Crippen MR) is 86.6 cm³/mol. The molecule has 1 aromatic heterocycles. The van der Waals surface area contributed by atoms with Gasteiger partial charge in [-0.1, -0.05) is 18.2 Å². The summed E-state index contributed by atoms with van der Waals surface area (Å²) in [6.45, 7) is 0. The van der Waals surface area contributed by atoms with Gasteiger partial charge in [0.15, 0.2) is 0 Å². The van der Waals surface area contributed by atoms with Crippen molar-refractivity contribution in [2.75, 3.05) is 0 Å². The van der Waals surface area contributed by atoms with Crippen LogP contribution >= 0.6 is 11.3 Å². The van der Waals surface area contributed by atoms with Crippen molar-refractivity contribution in [2.24, 2.45) is 0 Å². The Morgan fingerprint density at radius 1 is 1.12 bits per heavy atom. The highest BCUT2D eigenvalue weighted by molar-refractivity contribution is 7.25. The molecule has 0 fully saturated rings. The minimum Gasteiger partial charge on any atom is -0.506 e. The number of carbonyl (C=O) groups excluding carboxylic acids is 1. The summed E-state index contributed by atoms with van der Waals surface area (Å²) >= 11 is 1.39. The number of fused-ring (bicyclic) bond motifs is 5. The summed E-state index contributed by atoms with van der Waals surface area (Å²) in [5.74, 6) is -3.23. The Hall–Kier alpha value is -2.58. The van der Waals surface area contributed by atoms with Crippen LogP contribution in [0.1, 0.15) is 5.56 Å². The molecule has 0 radical (unpaired) electrons. The van der Waals surface area contributed by atoms with E-state index in [1.54, 1.807) is 18.2 Å². The minimum absolute atomic E-state index is 0.0137. The largest absolute Gasteiger partial charge is 0.506 e. The second-order valence-electron chi connectivity index (χ2n) is 5.47. The zero-order valence-corrected chi connectivity index (χ0v) is 13.1. The molecule has 2 aromatic carbocycles. The van der Waals surface area contributed by atoms with Crippen LogP contribution in [0.3, 0.4) is 0 Å². The molecule has 1 atom stereocenters. The Balaban J connectivity index is 2.09. The van der Waals surface area contributed by atoms with E-state index in [1.165, 1.54) is 17.4 Å². The number of hydrogen-bond acceptors (Lipinski definition) is 5. The van der Waals surface area contributed by atoms with Crippen LogP contribution in [0.2, 0.25) is 0 Å². The third-order valence-corrected chi connectivity index (χ3v) is 5.12. The van der Waals surface area contributed by atoms with Crippen LogP contribution < -0.4 is 4.74 Å². The van der Waals surface area contributed by atoms with E-state index in [4.69, 9.17) is 4.74 Å². The Labute approximate surface area is 142 Å². The molecule has 128 valence electrons. The van der Waals surface area contributed by atoms with Gasteiger partial charge in [-0.05, 0) is 18.2 Å². The van der Waals surface area contributed by atoms with Crippen LogP contribution in [0.4, 0.5) is 13.2 Å². The second kappa shape index (κ2) is 5.21. The highest BCUT2D eigenvalue weighted by Gasteiger charge is 2.47. The third kappa shape index (κ3) is 2.29. The molecular formula is C17H9F3O4S. The van der Waals surface area contributed by atoms with Gasteiger partial charge in [0.05, 0.1) is 5.56 Å². The lowest BCUT2D eigenvalue weighted by Crippen LogP contribution is -2.36. The van der Waals surface area contributed by atoms with E-state index < -0.39 is 29.6 Å². The minimum atomic E-state index is -5.24. The number of benzene rings is 2. The van der Waals surface area contributed by atoms with E-state index in [9.17, 15) is 28.2 Å². The third-order valence-electron chi connectivity index (χ3n) is 3.98. The van der Waals surface area contributed by atoms with Gasteiger partial charge in [-0.3, -0.25) is 4.79 Å². The lowest BCUT2D eigenvalue weighted by Gasteiger charge is -2.25. The summed E-state index contributed by atoms with van der Waals surface area (Å²) in [5.41, 5.74) is -1.23. The lowest BCUT2D eigenvalue weighted by atomic mass is 9.96. The first-order chi connectivity index (χ1) is 11.8. The Bertz CT molecular complexity index is 1060. The fraction of sp³-hybridized carbons (Fsp3) is 0.118. The number of hydrogen-bond donors (Lipinski definition) is 2. The molecule has 8 heteroatoms. The van der Waals surface area contributed by atoms with Crippen molar-refractivity contribution >= 4 is 43.1 Å². The predicted octanol–water partition coefficient (Wildman–Crippen LogP) is 4.17. The molecule has 1 unspecified atom stereocenters. The maximum atomic E-state index is 12.8. The molecule has 2 N–H and O–H groups in total. The van der Waals surface area contributed by atoms with Gasteiger partial charge in [-0.2, -0.15) is 13.2 Å². The van der Waals surface area contributed by atoms with Crippen LogP contribution in [0, 0.1) is 0 Å². The normalized spacial score (nSPS) is 17.7. The average molecular weight is 366 g/mol. The molecule has 2 heterocycles. The molecule has 0 bridgehead atoms. The van der Waals surface area contributed by atoms with Crippen LogP contribution in [-0.2, 0) is 4.79 Å². The van der Waals surface area contributed by atoms with Crippen molar-refractivity contribution in [3.05, 3.63) is 47.5 Å². The number of halogens is 3. The van der Waals surface area contributed by atoms with Gasteiger partial charge < -0.3 is 14.9 Å².